The SMILES string of the molecule is CC(CCl)CS(=O)(=O)NC(C)C(C)CO. The van der Waals surface area contributed by atoms with E-state index >= 15 is 0 Å². The number of aliphatic hydroxyl groups excluding tert-OH is 1. The standard InChI is InChI=1S/C9H20ClNO3S/c1-7(4-10)6-15(13,14)11-9(3)8(2)5-12/h7-9,11-12H,4-6H2,1-3H3. The minimum Gasteiger partial charge on any atom is -0.396 e. The van der Waals surface area contributed by atoms with Gasteiger partial charge in [-0.05, 0) is 18.8 Å². The smallest absolute Gasteiger partial charge is 0.212 e. The molecule has 0 spiro atoms. The van der Waals surface area contributed by atoms with Gasteiger partial charge < -0.3 is 5.11 Å². The Kier molecular flexibility index (Phi) is 6.75. The molecule has 0 rings (SSSR count). The van der Waals surface area contributed by atoms with Gasteiger partial charge in [0.25, 0.3) is 0 Å². The number of hydrogen-bond donors (Lipinski definition) is 2. The van der Waals surface area contributed by atoms with Crippen LogP contribution in [-0.2, 0) is 10.0 Å². The fourth-order valence-electron chi connectivity index (χ4n) is 1.02. The van der Waals surface area contributed by atoms with Crippen LogP contribution in [-0.4, -0.2) is 37.8 Å². The molecule has 0 heterocycles. The van der Waals surface area contributed by atoms with E-state index in [0.717, 1.165) is 0 Å². The molecule has 3 atom stereocenters. The first-order chi connectivity index (χ1) is 6.82. The van der Waals surface area contributed by atoms with Gasteiger partial charge in [-0.15, -0.1) is 11.6 Å². The van der Waals surface area contributed by atoms with E-state index in [2.05, 4.69) is 4.72 Å². The highest BCUT2D eigenvalue weighted by molar-refractivity contribution is 7.89. The molecule has 0 fully saturated rings. The number of aliphatic hydroxyl groups is 1. The fourth-order valence-corrected chi connectivity index (χ4v) is 3.03. The van der Waals surface area contributed by atoms with Crippen molar-refractivity contribution >= 4 is 21.6 Å². The summed E-state index contributed by atoms with van der Waals surface area (Å²) in [6, 6.07) is -0.262. The second-order valence-corrected chi connectivity index (χ2v) is 6.21. The van der Waals surface area contributed by atoms with Crippen LogP contribution < -0.4 is 4.72 Å². The first-order valence-electron chi connectivity index (χ1n) is 4.99. The van der Waals surface area contributed by atoms with Gasteiger partial charge in [0, 0.05) is 18.5 Å². The molecule has 15 heavy (non-hydrogen) atoms. The van der Waals surface area contributed by atoms with Crippen LogP contribution in [0.4, 0.5) is 0 Å². The molecule has 0 radical (unpaired) electrons. The summed E-state index contributed by atoms with van der Waals surface area (Å²) in [6.45, 7) is 5.28. The van der Waals surface area contributed by atoms with Crippen molar-refractivity contribution in [3.05, 3.63) is 0 Å². The molecule has 0 aliphatic rings. The Bertz CT molecular complexity index is 269. The van der Waals surface area contributed by atoms with E-state index in [1.54, 1.807) is 20.8 Å². The molecular weight excluding hydrogens is 238 g/mol. The Morgan fingerprint density at radius 3 is 2.27 bits per heavy atom. The van der Waals surface area contributed by atoms with Gasteiger partial charge >= 0.3 is 0 Å². The highest BCUT2D eigenvalue weighted by Gasteiger charge is 2.20. The lowest BCUT2D eigenvalue weighted by Crippen LogP contribution is -2.40. The van der Waals surface area contributed by atoms with Gasteiger partial charge in [0.15, 0.2) is 0 Å². The first-order valence-corrected chi connectivity index (χ1v) is 7.18. The average Bonchev–Trinajstić information content (AvgIpc) is 2.14. The third-order valence-corrected chi connectivity index (χ3v) is 4.54. The maximum absolute atomic E-state index is 11.6. The molecule has 0 saturated carbocycles. The predicted molar refractivity (Wildman–Crippen MR) is 62.5 cm³/mol. The van der Waals surface area contributed by atoms with E-state index in [9.17, 15) is 8.42 Å². The molecule has 0 amide bonds. The van der Waals surface area contributed by atoms with Gasteiger partial charge in [-0.3, -0.25) is 0 Å². The summed E-state index contributed by atoms with van der Waals surface area (Å²) in [6.07, 6.45) is 0. The monoisotopic (exact) mass is 257 g/mol. The quantitative estimate of drug-likeness (QED) is 0.663. The van der Waals surface area contributed by atoms with E-state index in [1.807, 2.05) is 0 Å². The zero-order valence-electron chi connectivity index (χ0n) is 9.40. The fraction of sp³-hybridized carbons (Fsp3) is 1.00. The van der Waals surface area contributed by atoms with Crippen LogP contribution in [0.5, 0.6) is 0 Å². The molecule has 2 N–H and O–H groups in total. The normalized spacial score (nSPS) is 18.5. The first kappa shape index (κ1) is 15.2. The van der Waals surface area contributed by atoms with Crippen LogP contribution in [0, 0.1) is 11.8 Å². The van der Waals surface area contributed by atoms with E-state index in [4.69, 9.17) is 16.7 Å². The van der Waals surface area contributed by atoms with Crippen LogP contribution in [0.1, 0.15) is 20.8 Å². The Balaban J connectivity index is 4.26. The lowest BCUT2D eigenvalue weighted by molar-refractivity contribution is 0.216. The average molecular weight is 258 g/mol. The molecule has 0 aromatic heterocycles. The Morgan fingerprint density at radius 1 is 1.33 bits per heavy atom. The van der Waals surface area contributed by atoms with Crippen LogP contribution in [0.2, 0.25) is 0 Å². The minimum atomic E-state index is -3.29. The van der Waals surface area contributed by atoms with Crippen molar-refractivity contribution < 1.29 is 13.5 Å². The van der Waals surface area contributed by atoms with Gasteiger partial charge in [0.05, 0.1) is 5.75 Å². The maximum atomic E-state index is 11.6. The summed E-state index contributed by atoms with van der Waals surface area (Å²) in [5.74, 6) is 0.191. The lowest BCUT2D eigenvalue weighted by atomic mass is 10.1. The van der Waals surface area contributed by atoms with Gasteiger partial charge in [-0.1, -0.05) is 13.8 Å². The number of nitrogens with one attached hydrogen (secondary N) is 1. The van der Waals surface area contributed by atoms with Crippen LogP contribution in [0.3, 0.4) is 0 Å². The highest BCUT2D eigenvalue weighted by atomic mass is 35.5. The zero-order chi connectivity index (χ0) is 12.1. The number of hydrogen-bond acceptors (Lipinski definition) is 3. The third kappa shape index (κ3) is 6.35. The largest absolute Gasteiger partial charge is 0.396 e. The molecular formula is C9H20ClNO3S. The van der Waals surface area contributed by atoms with Crippen LogP contribution in [0.15, 0.2) is 0 Å². The predicted octanol–water partition coefficient (Wildman–Crippen LogP) is 0.798. The summed E-state index contributed by atoms with van der Waals surface area (Å²) in [5, 5.41) is 8.87. The van der Waals surface area contributed by atoms with E-state index < -0.39 is 10.0 Å². The number of halogens is 1. The summed E-state index contributed by atoms with van der Waals surface area (Å²) in [5.41, 5.74) is 0. The zero-order valence-corrected chi connectivity index (χ0v) is 11.0. The molecule has 3 unspecified atom stereocenters. The van der Waals surface area contributed by atoms with Crippen LogP contribution >= 0.6 is 11.6 Å². The lowest BCUT2D eigenvalue weighted by Gasteiger charge is -2.20. The van der Waals surface area contributed by atoms with Crippen molar-refractivity contribution in [3.63, 3.8) is 0 Å². The van der Waals surface area contributed by atoms with E-state index in [1.165, 1.54) is 0 Å². The Morgan fingerprint density at radius 2 is 1.87 bits per heavy atom. The molecule has 4 nitrogen and oxygen atoms in total. The molecule has 92 valence electrons. The summed E-state index contributed by atoms with van der Waals surface area (Å²) in [7, 11) is -3.29. The third-order valence-electron chi connectivity index (χ3n) is 2.27. The van der Waals surface area contributed by atoms with Crippen molar-refractivity contribution in [2.24, 2.45) is 11.8 Å². The summed E-state index contributed by atoms with van der Waals surface area (Å²) >= 11 is 5.55. The van der Waals surface area contributed by atoms with E-state index in [0.29, 0.717) is 5.88 Å². The van der Waals surface area contributed by atoms with E-state index in [-0.39, 0.29) is 30.2 Å². The number of rotatable bonds is 7. The second kappa shape index (κ2) is 6.68. The van der Waals surface area contributed by atoms with Crippen molar-refractivity contribution in [1.29, 1.82) is 0 Å². The molecule has 0 bridgehead atoms. The highest BCUT2D eigenvalue weighted by Crippen LogP contribution is 2.06. The number of sulfonamides is 1. The molecule has 0 aromatic carbocycles. The maximum Gasteiger partial charge on any atom is 0.212 e. The Hall–Kier alpha value is 0.160. The van der Waals surface area contributed by atoms with Crippen molar-refractivity contribution in [2.75, 3.05) is 18.2 Å². The van der Waals surface area contributed by atoms with Crippen molar-refractivity contribution in [3.8, 4) is 0 Å². The summed E-state index contributed by atoms with van der Waals surface area (Å²) in [4.78, 5) is 0. The molecule has 0 aliphatic heterocycles. The van der Waals surface area contributed by atoms with Gasteiger partial charge in [-0.25, -0.2) is 13.1 Å². The summed E-state index contributed by atoms with van der Waals surface area (Å²) < 4.78 is 25.7. The van der Waals surface area contributed by atoms with Crippen LogP contribution in [0.25, 0.3) is 0 Å². The van der Waals surface area contributed by atoms with Gasteiger partial charge in [0.1, 0.15) is 0 Å². The molecule has 0 aliphatic carbocycles. The van der Waals surface area contributed by atoms with Crippen molar-refractivity contribution in [2.45, 2.75) is 26.8 Å². The molecule has 6 heteroatoms. The molecule has 0 aromatic rings. The van der Waals surface area contributed by atoms with Crippen molar-refractivity contribution in [1.82, 2.24) is 4.72 Å². The van der Waals surface area contributed by atoms with Gasteiger partial charge in [-0.2, -0.15) is 0 Å². The minimum absolute atomic E-state index is 0.0268. The topological polar surface area (TPSA) is 66.4 Å². The number of alkyl halides is 1. The Labute approximate surface area is 97.1 Å². The second-order valence-electron chi connectivity index (χ2n) is 4.11. The molecule has 0 saturated heterocycles. The van der Waals surface area contributed by atoms with Gasteiger partial charge in [0.2, 0.25) is 10.0 Å².